The molecule has 4 aliphatic carbocycles. The zero-order valence-electron chi connectivity index (χ0n) is 9.79. The number of methoxy groups -OCH3 is 1. The predicted octanol–water partition coefficient (Wildman–Crippen LogP) is 1.46. The van der Waals surface area contributed by atoms with Gasteiger partial charge in [-0.25, -0.2) is 0 Å². The molecule has 2 N–H and O–H groups in total. The summed E-state index contributed by atoms with van der Waals surface area (Å²) in [6.07, 6.45) is 6.72. The van der Waals surface area contributed by atoms with E-state index in [4.69, 9.17) is 10.5 Å². The van der Waals surface area contributed by atoms with E-state index in [1.807, 2.05) is 0 Å². The largest absolute Gasteiger partial charge is 0.469 e. The number of hydrogen-bond acceptors (Lipinski definition) is 3. The number of esters is 1. The lowest BCUT2D eigenvalue weighted by Crippen LogP contribution is -2.57. The Morgan fingerprint density at radius 1 is 1.25 bits per heavy atom. The molecular weight excluding hydrogens is 202 g/mol. The van der Waals surface area contributed by atoms with Crippen LogP contribution in [0.25, 0.3) is 0 Å². The van der Waals surface area contributed by atoms with Crippen LogP contribution in [0.2, 0.25) is 0 Å². The molecule has 0 heterocycles. The van der Waals surface area contributed by atoms with Crippen molar-refractivity contribution >= 4 is 5.97 Å². The highest BCUT2D eigenvalue weighted by Gasteiger charge is 2.79. The van der Waals surface area contributed by atoms with Crippen molar-refractivity contribution < 1.29 is 9.53 Å². The van der Waals surface area contributed by atoms with Crippen LogP contribution in [0.15, 0.2) is 0 Å². The van der Waals surface area contributed by atoms with E-state index in [1.165, 1.54) is 13.5 Å². The van der Waals surface area contributed by atoms with Crippen LogP contribution in [0.4, 0.5) is 0 Å². The molecule has 1 spiro atoms. The molecule has 3 bridgehead atoms. The Hall–Kier alpha value is -0.570. The predicted molar refractivity (Wildman–Crippen MR) is 58.5 cm³/mol. The molecule has 4 rings (SSSR count). The number of carbonyl (C=O) groups is 1. The second-order valence-electron chi connectivity index (χ2n) is 6.85. The molecule has 3 heteroatoms. The lowest BCUT2D eigenvalue weighted by Gasteiger charge is -2.56. The topological polar surface area (TPSA) is 52.3 Å². The third-order valence-electron chi connectivity index (χ3n) is 6.21. The maximum absolute atomic E-state index is 12.1. The first-order valence-electron chi connectivity index (χ1n) is 6.41. The number of rotatable bonds is 1. The van der Waals surface area contributed by atoms with Crippen LogP contribution in [-0.2, 0) is 9.53 Å². The minimum Gasteiger partial charge on any atom is -0.469 e. The van der Waals surface area contributed by atoms with E-state index in [2.05, 4.69) is 0 Å². The van der Waals surface area contributed by atoms with Crippen LogP contribution >= 0.6 is 0 Å². The molecular formula is C13H19NO2. The summed E-state index contributed by atoms with van der Waals surface area (Å²) >= 11 is 0. The van der Waals surface area contributed by atoms with Crippen LogP contribution in [0.5, 0.6) is 0 Å². The van der Waals surface area contributed by atoms with Crippen molar-refractivity contribution in [2.45, 2.75) is 44.1 Å². The van der Waals surface area contributed by atoms with E-state index in [0.717, 1.165) is 32.1 Å². The van der Waals surface area contributed by atoms with Gasteiger partial charge in [-0.2, -0.15) is 0 Å². The number of nitrogens with two attached hydrogens (primary N) is 1. The number of ether oxygens (including phenoxy) is 1. The third-order valence-corrected chi connectivity index (χ3v) is 6.21. The van der Waals surface area contributed by atoms with Crippen molar-refractivity contribution in [2.75, 3.05) is 7.11 Å². The second kappa shape index (κ2) is 2.33. The Balaban J connectivity index is 1.83. The maximum atomic E-state index is 12.1. The average Bonchev–Trinajstić information content (AvgIpc) is 2.51. The van der Waals surface area contributed by atoms with Gasteiger partial charge in [0.05, 0.1) is 12.5 Å². The molecule has 0 radical (unpaired) electrons. The Morgan fingerprint density at radius 3 is 2.81 bits per heavy atom. The summed E-state index contributed by atoms with van der Waals surface area (Å²) in [7, 11) is 1.54. The van der Waals surface area contributed by atoms with Crippen molar-refractivity contribution in [3.8, 4) is 0 Å². The molecule has 88 valence electrons. The van der Waals surface area contributed by atoms with Crippen molar-refractivity contribution in [1.29, 1.82) is 0 Å². The second-order valence-corrected chi connectivity index (χ2v) is 6.85. The summed E-state index contributed by atoms with van der Waals surface area (Å²) in [5.41, 5.74) is 6.65. The lowest BCUT2D eigenvalue weighted by molar-refractivity contribution is -0.183. The van der Waals surface area contributed by atoms with Crippen LogP contribution < -0.4 is 5.73 Å². The Bertz CT molecular complexity index is 391. The van der Waals surface area contributed by atoms with Crippen LogP contribution in [0, 0.1) is 22.7 Å². The van der Waals surface area contributed by atoms with Gasteiger partial charge < -0.3 is 10.5 Å². The van der Waals surface area contributed by atoms with Gasteiger partial charge in [0, 0.05) is 5.54 Å². The molecule has 0 aromatic rings. The van der Waals surface area contributed by atoms with E-state index in [9.17, 15) is 4.79 Å². The van der Waals surface area contributed by atoms with Gasteiger partial charge >= 0.3 is 5.97 Å². The van der Waals surface area contributed by atoms with Crippen LogP contribution in [-0.4, -0.2) is 18.6 Å². The van der Waals surface area contributed by atoms with Gasteiger partial charge in [0.1, 0.15) is 0 Å². The van der Waals surface area contributed by atoms with Gasteiger partial charge in [-0.1, -0.05) is 0 Å². The Morgan fingerprint density at radius 2 is 2.06 bits per heavy atom. The lowest BCUT2D eigenvalue weighted by atomic mass is 9.46. The molecule has 0 saturated heterocycles. The fourth-order valence-corrected chi connectivity index (χ4v) is 6.09. The van der Waals surface area contributed by atoms with Gasteiger partial charge in [0.15, 0.2) is 0 Å². The minimum atomic E-state index is -0.130. The Labute approximate surface area is 95.7 Å². The summed E-state index contributed by atoms with van der Waals surface area (Å²) in [6, 6.07) is 0. The zero-order valence-corrected chi connectivity index (χ0v) is 9.79. The summed E-state index contributed by atoms with van der Waals surface area (Å²) in [5, 5.41) is 0. The normalized spacial score (nSPS) is 60.6. The summed E-state index contributed by atoms with van der Waals surface area (Å²) in [6.45, 7) is 0. The highest BCUT2D eigenvalue weighted by Crippen LogP contribution is 2.81. The van der Waals surface area contributed by atoms with Gasteiger partial charge in [-0.05, 0) is 55.8 Å². The fraction of sp³-hybridized carbons (Fsp3) is 0.923. The fourth-order valence-electron chi connectivity index (χ4n) is 6.09. The van der Waals surface area contributed by atoms with Crippen LogP contribution in [0.1, 0.15) is 38.5 Å². The Kier molecular flexibility index (Phi) is 1.38. The van der Waals surface area contributed by atoms with Crippen molar-refractivity contribution in [2.24, 2.45) is 28.4 Å². The molecule has 0 aromatic heterocycles. The SMILES string of the molecule is COC(=O)C12CC3CC4(N)CC(C1)C2(C3)C4. The van der Waals surface area contributed by atoms with E-state index >= 15 is 0 Å². The number of fused-ring (bicyclic) bond motifs is 2. The molecule has 4 saturated carbocycles. The highest BCUT2D eigenvalue weighted by atomic mass is 16.5. The smallest absolute Gasteiger partial charge is 0.312 e. The van der Waals surface area contributed by atoms with Crippen molar-refractivity contribution in [3.05, 3.63) is 0 Å². The van der Waals surface area contributed by atoms with E-state index in [-0.39, 0.29) is 22.3 Å². The van der Waals surface area contributed by atoms with Gasteiger partial charge in [0.2, 0.25) is 0 Å². The summed E-state index contributed by atoms with van der Waals surface area (Å²) in [5.74, 6) is 1.45. The summed E-state index contributed by atoms with van der Waals surface area (Å²) in [4.78, 5) is 12.1. The molecule has 0 aromatic carbocycles. The average molecular weight is 221 g/mol. The first-order chi connectivity index (χ1) is 7.54. The highest BCUT2D eigenvalue weighted by molar-refractivity contribution is 5.80. The van der Waals surface area contributed by atoms with E-state index < -0.39 is 0 Å². The number of hydrogen-bond donors (Lipinski definition) is 1. The molecule has 0 aliphatic heterocycles. The number of carbonyl (C=O) groups excluding carboxylic acids is 1. The van der Waals surface area contributed by atoms with E-state index in [0.29, 0.717) is 11.8 Å². The maximum Gasteiger partial charge on any atom is 0.312 e. The summed E-state index contributed by atoms with van der Waals surface area (Å²) < 4.78 is 5.08. The van der Waals surface area contributed by atoms with E-state index in [1.54, 1.807) is 0 Å². The quantitative estimate of drug-likeness (QED) is 0.682. The first-order valence-corrected chi connectivity index (χ1v) is 6.41. The molecule has 16 heavy (non-hydrogen) atoms. The standard InChI is InChI=1S/C13H19NO2/c1-16-10(15)12-3-8-2-11(14)5-9(6-12)13(12,4-8)7-11/h8-9H,2-7,14H2,1H3. The van der Waals surface area contributed by atoms with Crippen LogP contribution in [0.3, 0.4) is 0 Å². The van der Waals surface area contributed by atoms with Gasteiger partial charge in [-0.15, -0.1) is 0 Å². The first kappa shape index (κ1) is 9.46. The third kappa shape index (κ3) is 0.727. The molecule has 0 amide bonds. The molecule has 4 aliphatic rings. The monoisotopic (exact) mass is 221 g/mol. The zero-order chi connectivity index (χ0) is 11.2. The molecule has 5 unspecified atom stereocenters. The van der Waals surface area contributed by atoms with Gasteiger partial charge in [0.25, 0.3) is 0 Å². The molecule has 5 atom stereocenters. The van der Waals surface area contributed by atoms with Crippen molar-refractivity contribution in [1.82, 2.24) is 0 Å². The molecule has 3 nitrogen and oxygen atoms in total. The minimum absolute atomic E-state index is 0.0531. The molecule has 4 fully saturated rings. The van der Waals surface area contributed by atoms with Gasteiger partial charge in [-0.3, -0.25) is 4.79 Å². The van der Waals surface area contributed by atoms with Crippen molar-refractivity contribution in [3.63, 3.8) is 0 Å².